The van der Waals surface area contributed by atoms with Gasteiger partial charge in [-0.25, -0.2) is 4.98 Å². The maximum absolute atomic E-state index is 12.1. The first-order chi connectivity index (χ1) is 8.89. The number of hydrogen-bond donors (Lipinski definition) is 1. The van der Waals surface area contributed by atoms with Crippen LogP contribution < -0.4 is 5.73 Å². The highest BCUT2D eigenvalue weighted by Crippen LogP contribution is 2.29. The SMILES string of the molecule is Cc1nc(CN)sc1-c1nc(CCC(F)(F)F)no1. The summed E-state index contributed by atoms with van der Waals surface area (Å²) >= 11 is 1.29. The summed E-state index contributed by atoms with van der Waals surface area (Å²) in [6.45, 7) is 2.05. The summed E-state index contributed by atoms with van der Waals surface area (Å²) in [6, 6.07) is 0. The summed E-state index contributed by atoms with van der Waals surface area (Å²) in [5.41, 5.74) is 6.14. The van der Waals surface area contributed by atoms with Gasteiger partial charge in [-0.15, -0.1) is 11.3 Å². The molecule has 0 saturated heterocycles. The van der Waals surface area contributed by atoms with Crippen molar-refractivity contribution in [2.45, 2.75) is 32.5 Å². The third kappa shape index (κ3) is 3.51. The quantitative estimate of drug-likeness (QED) is 0.936. The van der Waals surface area contributed by atoms with Gasteiger partial charge in [0.25, 0.3) is 5.89 Å². The topological polar surface area (TPSA) is 77.8 Å². The van der Waals surface area contributed by atoms with E-state index in [1.807, 2.05) is 0 Å². The summed E-state index contributed by atoms with van der Waals surface area (Å²) in [6.07, 6.45) is -5.50. The number of hydrogen-bond acceptors (Lipinski definition) is 6. The molecule has 19 heavy (non-hydrogen) atoms. The predicted molar refractivity (Wildman–Crippen MR) is 62.4 cm³/mol. The molecular weight excluding hydrogens is 281 g/mol. The Morgan fingerprint density at radius 3 is 2.63 bits per heavy atom. The van der Waals surface area contributed by atoms with Crippen molar-refractivity contribution in [3.8, 4) is 10.8 Å². The Balaban J connectivity index is 2.14. The molecule has 0 bridgehead atoms. The summed E-state index contributed by atoms with van der Waals surface area (Å²) in [7, 11) is 0. The highest BCUT2D eigenvalue weighted by Gasteiger charge is 2.28. The minimum atomic E-state index is -4.23. The number of alkyl halides is 3. The lowest BCUT2D eigenvalue weighted by molar-refractivity contribution is -0.134. The molecule has 0 aliphatic carbocycles. The average Bonchev–Trinajstić information content (AvgIpc) is 2.91. The first-order valence-corrected chi connectivity index (χ1v) is 6.27. The molecule has 2 aromatic rings. The molecule has 0 atom stereocenters. The third-order valence-electron chi connectivity index (χ3n) is 2.31. The number of nitrogens with zero attached hydrogens (tertiary/aromatic N) is 3. The maximum Gasteiger partial charge on any atom is 0.389 e. The van der Waals surface area contributed by atoms with Gasteiger partial charge in [-0.3, -0.25) is 0 Å². The summed E-state index contributed by atoms with van der Waals surface area (Å²) in [4.78, 5) is 8.77. The van der Waals surface area contributed by atoms with Crippen LogP contribution in [0.4, 0.5) is 13.2 Å². The molecule has 2 aromatic heterocycles. The minimum Gasteiger partial charge on any atom is -0.333 e. The largest absolute Gasteiger partial charge is 0.389 e. The number of rotatable bonds is 4. The second-order valence-electron chi connectivity index (χ2n) is 3.86. The average molecular weight is 292 g/mol. The van der Waals surface area contributed by atoms with Crippen molar-refractivity contribution in [3.63, 3.8) is 0 Å². The van der Waals surface area contributed by atoms with Crippen LogP contribution in [0.15, 0.2) is 4.52 Å². The molecule has 0 spiro atoms. The third-order valence-corrected chi connectivity index (χ3v) is 3.48. The molecule has 2 N–H and O–H groups in total. The van der Waals surface area contributed by atoms with E-state index in [2.05, 4.69) is 15.1 Å². The normalized spacial score (nSPS) is 12.1. The van der Waals surface area contributed by atoms with E-state index in [-0.39, 0.29) is 18.1 Å². The molecule has 0 radical (unpaired) electrons. The lowest BCUT2D eigenvalue weighted by Crippen LogP contribution is -2.09. The fourth-order valence-electron chi connectivity index (χ4n) is 1.44. The maximum atomic E-state index is 12.1. The fourth-order valence-corrected chi connectivity index (χ4v) is 2.30. The molecule has 0 aliphatic rings. The van der Waals surface area contributed by atoms with Crippen molar-refractivity contribution in [3.05, 3.63) is 16.5 Å². The molecule has 0 fully saturated rings. The van der Waals surface area contributed by atoms with Gasteiger partial charge in [-0.1, -0.05) is 5.16 Å². The number of halogens is 3. The van der Waals surface area contributed by atoms with E-state index in [4.69, 9.17) is 10.3 Å². The number of aryl methyl sites for hydroxylation is 2. The molecule has 9 heteroatoms. The van der Waals surface area contributed by atoms with Crippen LogP contribution in [0.1, 0.15) is 22.9 Å². The van der Waals surface area contributed by atoms with Gasteiger partial charge < -0.3 is 10.3 Å². The van der Waals surface area contributed by atoms with Crippen LogP contribution in [-0.4, -0.2) is 21.3 Å². The van der Waals surface area contributed by atoms with Crippen molar-refractivity contribution >= 4 is 11.3 Å². The number of thiazole rings is 1. The van der Waals surface area contributed by atoms with Crippen molar-refractivity contribution in [2.24, 2.45) is 5.73 Å². The summed E-state index contributed by atoms with van der Waals surface area (Å²) in [5, 5.41) is 4.24. The van der Waals surface area contributed by atoms with E-state index < -0.39 is 12.6 Å². The molecule has 0 unspecified atom stereocenters. The van der Waals surface area contributed by atoms with Gasteiger partial charge in [0.05, 0.1) is 12.1 Å². The molecule has 0 aromatic carbocycles. The van der Waals surface area contributed by atoms with E-state index >= 15 is 0 Å². The molecule has 0 amide bonds. The Morgan fingerprint density at radius 1 is 1.32 bits per heavy atom. The Hall–Kier alpha value is -1.48. The van der Waals surface area contributed by atoms with Crippen LogP contribution in [0.25, 0.3) is 10.8 Å². The second kappa shape index (κ2) is 5.25. The zero-order valence-electron chi connectivity index (χ0n) is 9.99. The van der Waals surface area contributed by atoms with E-state index in [0.29, 0.717) is 22.1 Å². The van der Waals surface area contributed by atoms with Gasteiger partial charge in [-0.05, 0) is 6.92 Å². The van der Waals surface area contributed by atoms with Crippen molar-refractivity contribution in [1.29, 1.82) is 0 Å². The van der Waals surface area contributed by atoms with Gasteiger partial charge >= 0.3 is 6.18 Å². The zero-order chi connectivity index (χ0) is 14.0. The number of nitrogens with two attached hydrogens (primary N) is 1. The summed E-state index contributed by atoms with van der Waals surface area (Å²) in [5.74, 6) is 0.223. The highest BCUT2D eigenvalue weighted by molar-refractivity contribution is 7.15. The highest BCUT2D eigenvalue weighted by atomic mass is 32.1. The summed E-state index contributed by atoms with van der Waals surface area (Å²) < 4.78 is 41.2. The standard InChI is InChI=1S/C10H11F3N4OS/c1-5-8(19-7(4-14)15-5)9-16-6(17-18-9)2-3-10(11,12)13/h2-4,14H2,1H3. The van der Waals surface area contributed by atoms with Gasteiger partial charge in [0.15, 0.2) is 5.82 Å². The second-order valence-corrected chi connectivity index (χ2v) is 4.94. The first kappa shape index (κ1) is 13.9. The van der Waals surface area contributed by atoms with Gasteiger partial charge in [0, 0.05) is 13.0 Å². The molecular formula is C10H11F3N4OS. The van der Waals surface area contributed by atoms with Crippen molar-refractivity contribution < 1.29 is 17.7 Å². The van der Waals surface area contributed by atoms with E-state index in [1.165, 1.54) is 11.3 Å². The fraction of sp³-hybridized carbons (Fsp3) is 0.500. The molecule has 2 heterocycles. The van der Waals surface area contributed by atoms with Crippen LogP contribution in [0, 0.1) is 6.92 Å². The Kier molecular flexibility index (Phi) is 3.85. The molecule has 0 saturated carbocycles. The predicted octanol–water partition coefficient (Wildman–Crippen LogP) is 2.46. The lowest BCUT2D eigenvalue weighted by atomic mass is 10.3. The van der Waals surface area contributed by atoms with Crippen LogP contribution in [0.2, 0.25) is 0 Å². The van der Waals surface area contributed by atoms with Gasteiger partial charge in [0.2, 0.25) is 0 Å². The van der Waals surface area contributed by atoms with Gasteiger partial charge in [-0.2, -0.15) is 18.2 Å². The molecule has 5 nitrogen and oxygen atoms in total. The number of aromatic nitrogens is 3. The van der Waals surface area contributed by atoms with Crippen LogP contribution in [0.3, 0.4) is 0 Å². The van der Waals surface area contributed by atoms with Crippen molar-refractivity contribution in [1.82, 2.24) is 15.1 Å². The van der Waals surface area contributed by atoms with Crippen LogP contribution in [0.5, 0.6) is 0 Å². The van der Waals surface area contributed by atoms with Crippen LogP contribution in [-0.2, 0) is 13.0 Å². The first-order valence-electron chi connectivity index (χ1n) is 5.45. The van der Waals surface area contributed by atoms with E-state index in [0.717, 1.165) is 0 Å². The molecule has 0 aliphatic heterocycles. The Labute approximate surface area is 110 Å². The molecule has 104 valence electrons. The van der Waals surface area contributed by atoms with E-state index in [9.17, 15) is 13.2 Å². The van der Waals surface area contributed by atoms with Crippen molar-refractivity contribution in [2.75, 3.05) is 0 Å². The lowest BCUT2D eigenvalue weighted by Gasteiger charge is -2.01. The molecule has 2 rings (SSSR count). The Morgan fingerprint density at radius 2 is 2.05 bits per heavy atom. The monoisotopic (exact) mass is 292 g/mol. The van der Waals surface area contributed by atoms with E-state index in [1.54, 1.807) is 6.92 Å². The zero-order valence-corrected chi connectivity index (χ0v) is 10.8. The minimum absolute atomic E-state index is 0.0365. The smallest absolute Gasteiger partial charge is 0.333 e. The van der Waals surface area contributed by atoms with Crippen LogP contribution >= 0.6 is 11.3 Å². The Bertz CT molecular complexity index is 563. The van der Waals surface area contributed by atoms with Gasteiger partial charge in [0.1, 0.15) is 9.88 Å².